The molecule has 0 radical (unpaired) electrons. The lowest BCUT2D eigenvalue weighted by atomic mass is 9.80. The Morgan fingerprint density at radius 2 is 1.73 bits per heavy atom. The minimum absolute atomic E-state index is 0.0907. The number of carbonyl (C=O) groups is 1. The Hall–Kier alpha value is -2.11. The van der Waals surface area contributed by atoms with Crippen LogP contribution >= 0.6 is 11.6 Å². The molecule has 2 aromatic carbocycles. The number of nitrogens with one attached hydrogen (secondary N) is 2. The third-order valence-corrected chi connectivity index (χ3v) is 11.2. The van der Waals surface area contributed by atoms with Gasteiger partial charge in [-0.3, -0.25) is 4.79 Å². The quantitative estimate of drug-likeness (QED) is 0.415. The summed E-state index contributed by atoms with van der Waals surface area (Å²) in [5.74, 6) is -2.26. The molecule has 1 aliphatic carbocycles. The maximum absolute atomic E-state index is 14.2. The second-order valence-electron chi connectivity index (χ2n) is 11.8. The highest BCUT2D eigenvalue weighted by molar-refractivity contribution is 7.89. The molecule has 0 spiro atoms. The van der Waals surface area contributed by atoms with Crippen LogP contribution in [0.1, 0.15) is 68.4 Å². The van der Waals surface area contributed by atoms with Crippen molar-refractivity contribution in [2.24, 2.45) is 11.7 Å². The molecule has 11 heteroatoms. The summed E-state index contributed by atoms with van der Waals surface area (Å²) in [5.41, 5.74) is 7.45. The highest BCUT2D eigenvalue weighted by atomic mass is 35.5. The standard InChI is InChI=1S/C30H39ClF2N4O3S/c31-22-10-7-20(8-11-22)28(21-14-23(32)16-24(33)15-21)29(34)30(38)36-27-6-2-1-4-19(27)9-12-26-17-35-25-5-3-13-41(39,40)37(26)18-25/h7-8,10-11,14-16,19,25-29,35H,1-6,9,12-13,17-18,34H2,(H,36,38)/t19-,25-,26+,27+,28+,29+/m1/s1. The summed E-state index contributed by atoms with van der Waals surface area (Å²) in [5, 5.41) is 7.18. The normalized spacial score (nSPS) is 29.2. The van der Waals surface area contributed by atoms with Crippen LogP contribution in [-0.2, 0) is 14.8 Å². The van der Waals surface area contributed by atoms with Gasteiger partial charge < -0.3 is 16.4 Å². The largest absolute Gasteiger partial charge is 0.352 e. The van der Waals surface area contributed by atoms with E-state index in [2.05, 4.69) is 10.6 Å². The number of nitrogens with zero attached hydrogens (tertiary/aromatic N) is 1. The lowest BCUT2D eigenvalue weighted by molar-refractivity contribution is -0.124. The average molecular weight is 609 g/mol. The molecule has 7 nitrogen and oxygen atoms in total. The number of carbonyl (C=O) groups excluding carboxylic acids is 1. The van der Waals surface area contributed by atoms with Crippen molar-refractivity contribution in [2.45, 2.75) is 81.5 Å². The van der Waals surface area contributed by atoms with Gasteiger partial charge in [0.2, 0.25) is 15.9 Å². The highest BCUT2D eigenvalue weighted by Gasteiger charge is 2.39. The first-order valence-electron chi connectivity index (χ1n) is 14.6. The first kappa shape index (κ1) is 30.4. The van der Waals surface area contributed by atoms with Gasteiger partial charge in [-0.25, -0.2) is 17.2 Å². The fourth-order valence-electron chi connectivity index (χ4n) is 6.86. The van der Waals surface area contributed by atoms with E-state index in [-0.39, 0.29) is 41.3 Å². The molecular weight excluding hydrogens is 570 g/mol. The molecule has 2 bridgehead atoms. The number of rotatable bonds is 8. The van der Waals surface area contributed by atoms with Gasteiger partial charge in [0.05, 0.1) is 11.8 Å². The summed E-state index contributed by atoms with van der Waals surface area (Å²) in [6.45, 7) is 1.17. The van der Waals surface area contributed by atoms with Gasteiger partial charge in [0.15, 0.2) is 0 Å². The molecule has 1 amide bonds. The maximum Gasteiger partial charge on any atom is 0.238 e. The van der Waals surface area contributed by atoms with E-state index in [1.807, 2.05) is 0 Å². The molecule has 3 fully saturated rings. The molecule has 41 heavy (non-hydrogen) atoms. The number of hydrogen-bond acceptors (Lipinski definition) is 5. The lowest BCUT2D eigenvalue weighted by Crippen LogP contribution is -2.57. The smallest absolute Gasteiger partial charge is 0.238 e. The van der Waals surface area contributed by atoms with Crippen LogP contribution in [0.2, 0.25) is 5.02 Å². The zero-order chi connectivity index (χ0) is 29.1. The minimum atomic E-state index is -3.26. The minimum Gasteiger partial charge on any atom is -0.352 e. The molecular formula is C30H39ClF2N4O3S. The molecule has 7 atom stereocenters. The topological polar surface area (TPSA) is 105 Å². The van der Waals surface area contributed by atoms with Gasteiger partial charge >= 0.3 is 0 Å². The lowest BCUT2D eigenvalue weighted by Gasteiger charge is -2.39. The van der Waals surface area contributed by atoms with Gasteiger partial charge in [-0.15, -0.1) is 0 Å². The van der Waals surface area contributed by atoms with E-state index >= 15 is 0 Å². The monoisotopic (exact) mass is 608 g/mol. The van der Waals surface area contributed by atoms with Gasteiger partial charge in [-0.05, 0) is 79.8 Å². The van der Waals surface area contributed by atoms with E-state index in [4.69, 9.17) is 17.3 Å². The fourth-order valence-corrected chi connectivity index (χ4v) is 8.79. The molecule has 5 rings (SSSR count). The second-order valence-corrected chi connectivity index (χ2v) is 14.3. The third kappa shape index (κ3) is 7.28. The average Bonchev–Trinajstić information content (AvgIpc) is 3.04. The van der Waals surface area contributed by atoms with Crippen molar-refractivity contribution in [2.75, 3.05) is 18.8 Å². The Balaban J connectivity index is 1.29. The third-order valence-electron chi connectivity index (χ3n) is 9.00. The van der Waals surface area contributed by atoms with Gasteiger partial charge in [-0.1, -0.05) is 36.6 Å². The fraction of sp³-hybridized carbons (Fsp3) is 0.567. The van der Waals surface area contributed by atoms with E-state index < -0.39 is 33.6 Å². The van der Waals surface area contributed by atoms with Crippen molar-refractivity contribution >= 4 is 27.5 Å². The molecule has 1 unspecified atom stereocenters. The van der Waals surface area contributed by atoms with Gasteiger partial charge in [0.1, 0.15) is 11.6 Å². The number of hydrogen-bond donors (Lipinski definition) is 3. The number of fused-ring (bicyclic) bond motifs is 2. The molecule has 1 saturated carbocycles. The Bertz CT molecular complexity index is 1310. The first-order valence-corrected chi connectivity index (χ1v) is 16.6. The van der Waals surface area contributed by atoms with Crippen molar-refractivity contribution < 1.29 is 22.0 Å². The first-order chi connectivity index (χ1) is 19.6. The molecule has 3 aliphatic rings. The van der Waals surface area contributed by atoms with Crippen LogP contribution in [0.3, 0.4) is 0 Å². The number of sulfonamides is 1. The number of nitrogens with two attached hydrogens (primary N) is 1. The predicted molar refractivity (Wildman–Crippen MR) is 156 cm³/mol. The summed E-state index contributed by atoms with van der Waals surface area (Å²) >= 11 is 6.07. The van der Waals surface area contributed by atoms with Crippen LogP contribution in [0, 0.1) is 17.6 Å². The van der Waals surface area contributed by atoms with Crippen molar-refractivity contribution in [3.8, 4) is 0 Å². The van der Waals surface area contributed by atoms with E-state index in [0.717, 1.165) is 51.0 Å². The Labute approximate surface area is 246 Å². The van der Waals surface area contributed by atoms with Crippen LogP contribution in [0.15, 0.2) is 42.5 Å². The Morgan fingerprint density at radius 3 is 2.46 bits per heavy atom. The van der Waals surface area contributed by atoms with Crippen LogP contribution < -0.4 is 16.4 Å². The summed E-state index contributed by atoms with van der Waals surface area (Å²) in [6, 6.07) is 8.87. The van der Waals surface area contributed by atoms with Crippen LogP contribution in [0.5, 0.6) is 0 Å². The summed E-state index contributed by atoms with van der Waals surface area (Å²) in [6.07, 6.45) is 6.82. The summed E-state index contributed by atoms with van der Waals surface area (Å²) in [7, 11) is -3.26. The molecule has 0 aromatic heterocycles. The molecule has 224 valence electrons. The summed E-state index contributed by atoms with van der Waals surface area (Å²) < 4.78 is 55.9. The molecule has 2 saturated heterocycles. The predicted octanol–water partition coefficient (Wildman–Crippen LogP) is 4.30. The maximum atomic E-state index is 14.2. The molecule has 2 aromatic rings. The second kappa shape index (κ2) is 13.0. The van der Waals surface area contributed by atoms with E-state index in [1.54, 1.807) is 28.6 Å². The van der Waals surface area contributed by atoms with Gasteiger partial charge in [0.25, 0.3) is 0 Å². The Kier molecular flexibility index (Phi) is 9.65. The Morgan fingerprint density at radius 1 is 1.02 bits per heavy atom. The van der Waals surface area contributed by atoms with Crippen LogP contribution in [0.25, 0.3) is 0 Å². The van der Waals surface area contributed by atoms with Crippen LogP contribution in [0.4, 0.5) is 8.78 Å². The van der Waals surface area contributed by atoms with Crippen molar-refractivity contribution in [3.63, 3.8) is 0 Å². The molecule has 2 heterocycles. The number of amides is 1. The van der Waals surface area contributed by atoms with Gasteiger partial charge in [-0.2, -0.15) is 4.31 Å². The van der Waals surface area contributed by atoms with E-state index in [0.29, 0.717) is 30.1 Å². The SMILES string of the molecule is N[C@H](C(=O)N[C@H]1CCCC[C@@H]1CC[C@H]1CN[C@@H]2CCCS(=O)(=O)N1C2)[C@@H](c1ccc(Cl)cc1)c1cc(F)cc(F)c1. The number of halogens is 3. The van der Waals surface area contributed by atoms with Gasteiger partial charge in [0, 0.05) is 48.2 Å². The van der Waals surface area contributed by atoms with Crippen molar-refractivity contribution in [1.29, 1.82) is 0 Å². The van der Waals surface area contributed by atoms with Crippen LogP contribution in [-0.4, -0.2) is 61.6 Å². The number of piperazine rings is 1. The zero-order valence-corrected chi connectivity index (χ0v) is 24.6. The van der Waals surface area contributed by atoms with Crippen molar-refractivity contribution in [1.82, 2.24) is 14.9 Å². The molecule has 2 aliphatic heterocycles. The van der Waals surface area contributed by atoms with E-state index in [1.165, 1.54) is 12.1 Å². The molecule has 4 N–H and O–H groups in total. The van der Waals surface area contributed by atoms with Crippen molar-refractivity contribution in [3.05, 3.63) is 70.2 Å². The van der Waals surface area contributed by atoms with E-state index in [9.17, 15) is 22.0 Å². The number of benzene rings is 2. The highest BCUT2D eigenvalue weighted by Crippen LogP contribution is 2.33. The summed E-state index contributed by atoms with van der Waals surface area (Å²) in [4.78, 5) is 13.6. The zero-order valence-electron chi connectivity index (χ0n) is 23.1.